The van der Waals surface area contributed by atoms with Gasteiger partial charge in [0.1, 0.15) is 10.0 Å². The van der Waals surface area contributed by atoms with Gasteiger partial charge in [0.25, 0.3) is 5.91 Å². The summed E-state index contributed by atoms with van der Waals surface area (Å²) >= 11 is 1.44. The number of rotatable bonds is 3. The van der Waals surface area contributed by atoms with E-state index >= 15 is 0 Å². The third-order valence-electron chi connectivity index (χ3n) is 2.22. The Morgan fingerprint density at radius 1 is 1.50 bits per heavy atom. The summed E-state index contributed by atoms with van der Waals surface area (Å²) in [4.78, 5) is 11.8. The van der Waals surface area contributed by atoms with Gasteiger partial charge in [-0.25, -0.2) is 0 Å². The maximum atomic E-state index is 11.8. The van der Waals surface area contributed by atoms with Crippen molar-refractivity contribution in [1.82, 2.24) is 15.5 Å². The lowest BCUT2D eigenvalue weighted by atomic mass is 10.1. The van der Waals surface area contributed by atoms with E-state index in [4.69, 9.17) is 5.26 Å². The van der Waals surface area contributed by atoms with Crippen LogP contribution in [0.15, 0.2) is 24.3 Å². The summed E-state index contributed by atoms with van der Waals surface area (Å²) in [5, 5.41) is 20.9. The summed E-state index contributed by atoms with van der Waals surface area (Å²) in [5.74, 6) is -0.222. The van der Waals surface area contributed by atoms with Crippen LogP contribution in [-0.4, -0.2) is 16.1 Å². The maximum Gasteiger partial charge on any atom is 0.251 e. The average Bonchev–Trinajstić information content (AvgIpc) is 2.82. The van der Waals surface area contributed by atoms with E-state index in [0.29, 0.717) is 17.7 Å². The first-order chi connectivity index (χ1) is 8.69. The highest BCUT2D eigenvalue weighted by Crippen LogP contribution is 2.08. The average molecular weight is 258 g/mol. The molecule has 2 rings (SSSR count). The molecule has 0 spiro atoms. The lowest BCUT2D eigenvalue weighted by molar-refractivity contribution is 0.0951. The zero-order valence-electron chi connectivity index (χ0n) is 9.67. The molecule has 0 fully saturated rings. The molecule has 1 amide bonds. The smallest absolute Gasteiger partial charge is 0.251 e. The molecule has 1 aromatic carbocycles. The molecule has 5 nitrogen and oxygen atoms in total. The van der Waals surface area contributed by atoms with Gasteiger partial charge in [0.2, 0.25) is 0 Å². The Morgan fingerprint density at radius 3 is 3.00 bits per heavy atom. The van der Waals surface area contributed by atoms with Crippen LogP contribution in [0.25, 0.3) is 0 Å². The fourth-order valence-electron chi connectivity index (χ4n) is 1.40. The van der Waals surface area contributed by atoms with Gasteiger partial charge in [-0.05, 0) is 25.1 Å². The number of carbonyl (C=O) groups excluding carboxylic acids is 1. The first-order valence-electron chi connectivity index (χ1n) is 5.26. The molecule has 0 radical (unpaired) electrons. The number of amides is 1. The van der Waals surface area contributed by atoms with Gasteiger partial charge in [0.15, 0.2) is 0 Å². The van der Waals surface area contributed by atoms with E-state index in [9.17, 15) is 4.79 Å². The molecule has 0 aliphatic carbocycles. The maximum absolute atomic E-state index is 11.8. The Kier molecular flexibility index (Phi) is 3.65. The van der Waals surface area contributed by atoms with Crippen molar-refractivity contribution in [2.45, 2.75) is 13.5 Å². The van der Waals surface area contributed by atoms with Gasteiger partial charge in [-0.3, -0.25) is 4.79 Å². The summed E-state index contributed by atoms with van der Waals surface area (Å²) in [6, 6.07) is 8.56. The van der Waals surface area contributed by atoms with Crippen LogP contribution in [0.5, 0.6) is 0 Å². The largest absolute Gasteiger partial charge is 0.345 e. The standard InChI is InChI=1S/C12H10N4OS/c1-8-15-16-11(18-8)7-14-12(17)10-4-2-3-9(5-10)6-13/h2-5H,7H2,1H3,(H,14,17). The number of hydrogen-bond donors (Lipinski definition) is 1. The minimum absolute atomic E-state index is 0.222. The number of carbonyl (C=O) groups is 1. The Morgan fingerprint density at radius 2 is 2.33 bits per heavy atom. The highest BCUT2D eigenvalue weighted by atomic mass is 32.1. The molecule has 0 bridgehead atoms. The quantitative estimate of drug-likeness (QED) is 0.907. The second-order valence-corrected chi connectivity index (χ2v) is 4.86. The van der Waals surface area contributed by atoms with Crippen molar-refractivity contribution in [2.24, 2.45) is 0 Å². The van der Waals surface area contributed by atoms with Crippen LogP contribution in [-0.2, 0) is 6.54 Å². The summed E-state index contributed by atoms with van der Waals surface area (Å²) in [6.45, 7) is 2.21. The van der Waals surface area contributed by atoms with Gasteiger partial charge in [0, 0.05) is 5.56 Å². The van der Waals surface area contributed by atoms with Gasteiger partial charge < -0.3 is 5.32 Å². The fraction of sp³-hybridized carbons (Fsp3) is 0.167. The van der Waals surface area contributed by atoms with Crippen LogP contribution >= 0.6 is 11.3 Å². The van der Waals surface area contributed by atoms with Crippen molar-refractivity contribution in [2.75, 3.05) is 0 Å². The Bertz CT molecular complexity index is 615. The SMILES string of the molecule is Cc1nnc(CNC(=O)c2cccc(C#N)c2)s1. The van der Waals surface area contributed by atoms with Crippen molar-refractivity contribution in [3.05, 3.63) is 45.4 Å². The minimum atomic E-state index is -0.222. The molecule has 0 aliphatic heterocycles. The number of nitriles is 1. The molecule has 6 heteroatoms. The Hall–Kier alpha value is -2.26. The minimum Gasteiger partial charge on any atom is -0.345 e. The normalized spacial score (nSPS) is 9.78. The number of aromatic nitrogens is 2. The van der Waals surface area contributed by atoms with Crippen molar-refractivity contribution in [3.8, 4) is 6.07 Å². The van der Waals surface area contributed by atoms with Gasteiger partial charge in [-0.2, -0.15) is 5.26 Å². The third-order valence-corrected chi connectivity index (χ3v) is 3.06. The number of aryl methyl sites for hydroxylation is 1. The fourth-order valence-corrected chi connectivity index (χ4v) is 2.05. The molecule has 0 aliphatic rings. The highest BCUT2D eigenvalue weighted by Gasteiger charge is 2.07. The van der Waals surface area contributed by atoms with Crippen LogP contribution < -0.4 is 5.32 Å². The number of nitrogens with zero attached hydrogens (tertiary/aromatic N) is 3. The molecule has 0 atom stereocenters. The highest BCUT2D eigenvalue weighted by molar-refractivity contribution is 7.11. The molecule has 1 N–H and O–H groups in total. The van der Waals surface area contributed by atoms with E-state index in [0.717, 1.165) is 10.0 Å². The summed E-state index contributed by atoms with van der Waals surface area (Å²) < 4.78 is 0. The second kappa shape index (κ2) is 5.38. The van der Waals surface area contributed by atoms with E-state index < -0.39 is 0 Å². The van der Waals surface area contributed by atoms with Gasteiger partial charge in [-0.15, -0.1) is 10.2 Å². The molecule has 1 aromatic heterocycles. The van der Waals surface area contributed by atoms with Crippen LogP contribution in [0.4, 0.5) is 0 Å². The zero-order valence-corrected chi connectivity index (χ0v) is 10.5. The first-order valence-corrected chi connectivity index (χ1v) is 6.08. The molecule has 90 valence electrons. The van der Waals surface area contributed by atoms with Gasteiger partial charge in [-0.1, -0.05) is 17.4 Å². The lowest BCUT2D eigenvalue weighted by Crippen LogP contribution is -2.22. The Labute approximate surface area is 108 Å². The molecule has 1 heterocycles. The van der Waals surface area contributed by atoms with Crippen LogP contribution in [0.3, 0.4) is 0 Å². The summed E-state index contributed by atoms with van der Waals surface area (Å²) in [6.07, 6.45) is 0. The number of hydrogen-bond acceptors (Lipinski definition) is 5. The summed E-state index contributed by atoms with van der Waals surface area (Å²) in [5.41, 5.74) is 0.935. The van der Waals surface area contributed by atoms with E-state index in [1.165, 1.54) is 11.3 Å². The molecular formula is C12H10N4OS. The molecule has 18 heavy (non-hydrogen) atoms. The van der Waals surface area contributed by atoms with Crippen molar-refractivity contribution in [3.63, 3.8) is 0 Å². The van der Waals surface area contributed by atoms with Crippen molar-refractivity contribution < 1.29 is 4.79 Å². The van der Waals surface area contributed by atoms with E-state index in [-0.39, 0.29) is 5.91 Å². The predicted octanol–water partition coefficient (Wildman–Crippen LogP) is 1.65. The molecule has 0 saturated heterocycles. The summed E-state index contributed by atoms with van der Waals surface area (Å²) in [7, 11) is 0. The monoisotopic (exact) mass is 258 g/mol. The lowest BCUT2D eigenvalue weighted by Gasteiger charge is -2.02. The topological polar surface area (TPSA) is 78.7 Å². The number of benzene rings is 1. The Balaban J connectivity index is 2.01. The zero-order chi connectivity index (χ0) is 13.0. The predicted molar refractivity (Wildman–Crippen MR) is 67.0 cm³/mol. The van der Waals surface area contributed by atoms with Crippen LogP contribution in [0, 0.1) is 18.3 Å². The van der Waals surface area contributed by atoms with Gasteiger partial charge >= 0.3 is 0 Å². The number of nitrogens with one attached hydrogen (secondary N) is 1. The molecular weight excluding hydrogens is 248 g/mol. The van der Waals surface area contributed by atoms with Crippen LogP contribution in [0.2, 0.25) is 0 Å². The van der Waals surface area contributed by atoms with E-state index in [1.54, 1.807) is 24.3 Å². The van der Waals surface area contributed by atoms with E-state index in [2.05, 4.69) is 15.5 Å². The molecule has 0 unspecified atom stereocenters. The van der Waals surface area contributed by atoms with E-state index in [1.807, 2.05) is 13.0 Å². The van der Waals surface area contributed by atoms with Crippen LogP contribution in [0.1, 0.15) is 25.9 Å². The third kappa shape index (κ3) is 2.90. The van der Waals surface area contributed by atoms with Crippen molar-refractivity contribution >= 4 is 17.2 Å². The molecule has 0 saturated carbocycles. The molecule has 2 aromatic rings. The van der Waals surface area contributed by atoms with Crippen molar-refractivity contribution in [1.29, 1.82) is 5.26 Å². The second-order valence-electron chi connectivity index (χ2n) is 3.59. The van der Waals surface area contributed by atoms with Gasteiger partial charge in [0.05, 0.1) is 18.2 Å². The first kappa shape index (κ1) is 12.2.